The summed E-state index contributed by atoms with van der Waals surface area (Å²) in [6.07, 6.45) is 2.73. The first kappa shape index (κ1) is 21.7. The highest BCUT2D eigenvalue weighted by molar-refractivity contribution is 5.95. The molecule has 0 aliphatic rings. The van der Waals surface area contributed by atoms with Gasteiger partial charge in [-0.15, -0.1) is 0 Å². The molecule has 7 nitrogen and oxygen atoms in total. The third-order valence-electron chi connectivity index (χ3n) is 4.56. The monoisotopic (exact) mass is 426 g/mol. The molecule has 2 amide bonds. The fraction of sp³-hybridized carbons (Fsp3) is 0.136. The van der Waals surface area contributed by atoms with Crippen molar-refractivity contribution in [2.45, 2.75) is 12.5 Å². The fourth-order valence-electron chi connectivity index (χ4n) is 3.02. The number of aromatic nitrogens is 1. The van der Waals surface area contributed by atoms with Crippen molar-refractivity contribution in [3.8, 4) is 0 Å². The van der Waals surface area contributed by atoms with Crippen LogP contribution in [0.5, 0.6) is 0 Å². The zero-order valence-corrected chi connectivity index (χ0v) is 16.3. The van der Waals surface area contributed by atoms with Crippen molar-refractivity contribution in [3.63, 3.8) is 0 Å². The van der Waals surface area contributed by atoms with Crippen LogP contribution in [0.1, 0.15) is 27.5 Å². The average Bonchev–Trinajstić information content (AvgIpc) is 2.72. The Bertz CT molecular complexity index is 1130. The smallest absolute Gasteiger partial charge is 0.257 e. The topological polar surface area (TPSA) is 117 Å². The van der Waals surface area contributed by atoms with Gasteiger partial charge in [0.2, 0.25) is 5.91 Å². The van der Waals surface area contributed by atoms with Crippen molar-refractivity contribution in [2.75, 3.05) is 12.3 Å². The largest absolute Gasteiger partial charge is 0.399 e. The lowest BCUT2D eigenvalue weighted by atomic mass is 10.1. The van der Waals surface area contributed by atoms with E-state index in [1.54, 1.807) is 30.3 Å². The van der Waals surface area contributed by atoms with Crippen LogP contribution in [0.25, 0.3) is 0 Å². The third kappa shape index (κ3) is 5.53. The van der Waals surface area contributed by atoms with Crippen LogP contribution in [-0.2, 0) is 11.2 Å². The van der Waals surface area contributed by atoms with E-state index >= 15 is 0 Å². The molecule has 9 heteroatoms. The van der Waals surface area contributed by atoms with E-state index in [9.17, 15) is 23.2 Å². The van der Waals surface area contributed by atoms with Crippen molar-refractivity contribution < 1.29 is 18.4 Å². The second-order valence-corrected chi connectivity index (χ2v) is 6.81. The van der Waals surface area contributed by atoms with E-state index < -0.39 is 35.1 Å². The minimum atomic E-state index is -1.09. The zero-order valence-electron chi connectivity index (χ0n) is 16.3. The Morgan fingerprint density at radius 3 is 2.39 bits per heavy atom. The summed E-state index contributed by atoms with van der Waals surface area (Å²) >= 11 is 0. The van der Waals surface area contributed by atoms with Gasteiger partial charge in [-0.1, -0.05) is 30.3 Å². The van der Waals surface area contributed by atoms with Crippen LogP contribution in [-0.4, -0.2) is 23.3 Å². The highest BCUT2D eigenvalue weighted by atomic mass is 19.1. The lowest BCUT2D eigenvalue weighted by Crippen LogP contribution is -2.39. The van der Waals surface area contributed by atoms with E-state index in [2.05, 4.69) is 15.6 Å². The Balaban J connectivity index is 1.75. The normalized spacial score (nSPS) is 11.5. The summed E-state index contributed by atoms with van der Waals surface area (Å²) in [6, 6.07) is 10.9. The summed E-state index contributed by atoms with van der Waals surface area (Å²) in [7, 11) is 0. The van der Waals surface area contributed by atoms with Crippen LogP contribution >= 0.6 is 0 Å². The summed E-state index contributed by atoms with van der Waals surface area (Å²) in [4.78, 5) is 39.4. The molecule has 1 atom stereocenters. The summed E-state index contributed by atoms with van der Waals surface area (Å²) in [6.45, 7) is -0.0580. The van der Waals surface area contributed by atoms with E-state index in [0.29, 0.717) is 5.56 Å². The molecule has 5 N–H and O–H groups in total. The molecule has 1 aromatic heterocycles. The van der Waals surface area contributed by atoms with E-state index in [1.165, 1.54) is 18.5 Å². The van der Waals surface area contributed by atoms with E-state index in [0.717, 1.165) is 12.1 Å². The average molecular weight is 426 g/mol. The third-order valence-corrected chi connectivity index (χ3v) is 4.56. The number of pyridine rings is 1. The van der Waals surface area contributed by atoms with Crippen molar-refractivity contribution in [2.24, 2.45) is 0 Å². The second-order valence-electron chi connectivity index (χ2n) is 6.81. The standard InChI is InChI=1S/C22H20F2N4O3/c23-16-9-15(25)10-17(24)21(16)22(31)28-18(13-4-2-1-3-5-13)12-27-20(30)8-14-11-26-7-6-19(14)29/h1-7,9-11,18H,8,12,25H2,(H,26,29)(H,27,30)(H,28,31). The Hall–Kier alpha value is -4.01. The number of amides is 2. The predicted molar refractivity (Wildman–Crippen MR) is 111 cm³/mol. The van der Waals surface area contributed by atoms with E-state index in [1.807, 2.05) is 0 Å². The van der Waals surface area contributed by atoms with Crippen LogP contribution in [0, 0.1) is 11.6 Å². The van der Waals surface area contributed by atoms with E-state index in [4.69, 9.17) is 5.73 Å². The SMILES string of the molecule is Nc1cc(F)c(C(=O)NC(CNC(=O)Cc2c[nH]ccc2=O)c2ccccc2)c(F)c1. The van der Waals surface area contributed by atoms with Gasteiger partial charge < -0.3 is 21.4 Å². The number of carbonyl (C=O) groups excluding carboxylic acids is 2. The van der Waals surface area contributed by atoms with Gasteiger partial charge in [0.05, 0.1) is 12.5 Å². The Morgan fingerprint density at radius 1 is 1.06 bits per heavy atom. The molecule has 1 heterocycles. The minimum absolute atomic E-state index is 0.0580. The van der Waals surface area contributed by atoms with Crippen LogP contribution < -0.4 is 21.8 Å². The van der Waals surface area contributed by atoms with Crippen LogP contribution in [0.4, 0.5) is 14.5 Å². The highest BCUT2D eigenvalue weighted by Gasteiger charge is 2.22. The maximum Gasteiger partial charge on any atom is 0.257 e. The molecule has 0 aliphatic carbocycles. The molecule has 0 fully saturated rings. The van der Waals surface area contributed by atoms with Gasteiger partial charge >= 0.3 is 0 Å². The number of nitrogen functional groups attached to an aromatic ring is 1. The van der Waals surface area contributed by atoms with Crippen molar-refractivity contribution >= 4 is 17.5 Å². The molecule has 0 aliphatic heterocycles. The zero-order chi connectivity index (χ0) is 22.4. The lowest BCUT2D eigenvalue weighted by Gasteiger charge is -2.20. The molecule has 0 saturated heterocycles. The number of anilines is 1. The molecule has 1 unspecified atom stereocenters. The van der Waals surface area contributed by atoms with Gasteiger partial charge in [-0.25, -0.2) is 8.78 Å². The number of nitrogens with one attached hydrogen (secondary N) is 3. The maximum absolute atomic E-state index is 14.1. The molecule has 2 aromatic carbocycles. The molecule has 0 spiro atoms. The number of H-pyrrole nitrogens is 1. The number of benzene rings is 2. The van der Waals surface area contributed by atoms with Gasteiger partial charge in [0.15, 0.2) is 5.43 Å². The van der Waals surface area contributed by atoms with Gasteiger partial charge in [-0.2, -0.15) is 0 Å². The fourth-order valence-corrected chi connectivity index (χ4v) is 3.02. The van der Waals surface area contributed by atoms with Crippen LogP contribution in [0.3, 0.4) is 0 Å². The number of carbonyl (C=O) groups is 2. The van der Waals surface area contributed by atoms with E-state index in [-0.39, 0.29) is 29.6 Å². The predicted octanol–water partition coefficient (Wildman–Crippen LogP) is 2.07. The molecule has 3 aromatic rings. The second kappa shape index (κ2) is 9.66. The first-order valence-electron chi connectivity index (χ1n) is 9.38. The first-order chi connectivity index (χ1) is 14.8. The Morgan fingerprint density at radius 2 is 1.74 bits per heavy atom. The summed E-state index contributed by atoms with van der Waals surface area (Å²) in [5, 5.41) is 5.18. The van der Waals surface area contributed by atoms with Crippen LogP contribution in [0.15, 0.2) is 65.7 Å². The number of halogens is 2. The number of aromatic amines is 1. The van der Waals surface area contributed by atoms with Crippen LogP contribution in [0.2, 0.25) is 0 Å². The molecule has 31 heavy (non-hydrogen) atoms. The van der Waals surface area contributed by atoms with Gasteiger partial charge in [0.25, 0.3) is 5.91 Å². The number of hydrogen-bond donors (Lipinski definition) is 4. The summed E-state index contributed by atoms with van der Waals surface area (Å²) < 4.78 is 28.3. The molecule has 160 valence electrons. The lowest BCUT2D eigenvalue weighted by molar-refractivity contribution is -0.120. The Labute approximate surface area is 176 Å². The Kier molecular flexibility index (Phi) is 6.76. The van der Waals surface area contributed by atoms with Crippen molar-refractivity contribution in [3.05, 3.63) is 99.5 Å². The maximum atomic E-state index is 14.1. The van der Waals surface area contributed by atoms with Gasteiger partial charge in [0, 0.05) is 36.3 Å². The summed E-state index contributed by atoms with van der Waals surface area (Å²) in [5.74, 6) is -3.61. The molecule has 0 saturated carbocycles. The quantitative estimate of drug-likeness (QED) is 0.433. The number of nitrogens with two attached hydrogens (primary N) is 1. The number of rotatable bonds is 7. The van der Waals surface area contributed by atoms with Gasteiger partial charge in [-0.05, 0) is 17.7 Å². The summed E-state index contributed by atoms with van der Waals surface area (Å²) in [5.41, 5.74) is 5.10. The highest BCUT2D eigenvalue weighted by Crippen LogP contribution is 2.19. The first-order valence-corrected chi connectivity index (χ1v) is 9.38. The molecular weight excluding hydrogens is 406 g/mol. The molecule has 0 radical (unpaired) electrons. The van der Waals surface area contributed by atoms with Crippen molar-refractivity contribution in [1.82, 2.24) is 15.6 Å². The molecule has 3 rings (SSSR count). The molecular formula is C22H20F2N4O3. The number of hydrogen-bond acceptors (Lipinski definition) is 4. The van der Waals surface area contributed by atoms with Crippen molar-refractivity contribution in [1.29, 1.82) is 0 Å². The molecule has 0 bridgehead atoms. The minimum Gasteiger partial charge on any atom is -0.399 e. The van der Waals surface area contributed by atoms with Gasteiger partial charge in [0.1, 0.15) is 17.2 Å². The van der Waals surface area contributed by atoms with Gasteiger partial charge in [-0.3, -0.25) is 14.4 Å².